The highest BCUT2D eigenvalue weighted by Crippen LogP contribution is 2.33. The van der Waals surface area contributed by atoms with Crippen LogP contribution in [0.15, 0.2) is 29.0 Å². The van der Waals surface area contributed by atoms with E-state index in [0.29, 0.717) is 0 Å². The first-order valence-corrected chi connectivity index (χ1v) is 5.43. The monoisotopic (exact) mass is 301 g/mol. The van der Waals surface area contributed by atoms with Crippen molar-refractivity contribution in [3.8, 4) is 5.75 Å². The minimum Gasteiger partial charge on any atom is -0.496 e. The summed E-state index contributed by atoms with van der Waals surface area (Å²) in [5.41, 5.74) is 7.20. The van der Waals surface area contributed by atoms with Gasteiger partial charge in [-0.1, -0.05) is 11.2 Å². The van der Waals surface area contributed by atoms with E-state index in [2.05, 4.69) is 14.8 Å². The molecule has 0 radical (unpaired) electrons. The zero-order valence-corrected chi connectivity index (χ0v) is 11.0. The van der Waals surface area contributed by atoms with E-state index in [9.17, 15) is 18.0 Å². The minimum atomic E-state index is -4.52. The number of ether oxygens (including phenoxy) is 2. The number of nitrogens with zero attached hydrogens (tertiary/aromatic N) is 3. The molecule has 0 unspecified atom stereocenters. The average Bonchev–Trinajstić information content (AvgIpc) is 2.45. The van der Waals surface area contributed by atoms with E-state index in [4.69, 9.17) is 10.3 Å². The second-order valence-corrected chi connectivity index (χ2v) is 3.67. The van der Waals surface area contributed by atoms with E-state index >= 15 is 0 Å². The Labute approximate surface area is 117 Å². The van der Waals surface area contributed by atoms with E-state index in [1.54, 1.807) is 0 Å². The molecule has 0 aromatic heterocycles. The SMILES string of the molecule is COC(=O)C(=Cc1ccc(C(F)(F)F)cc1OC)N=[N+]=[N-]. The third-order valence-corrected chi connectivity index (χ3v) is 2.40. The van der Waals surface area contributed by atoms with Gasteiger partial charge in [0.25, 0.3) is 0 Å². The number of methoxy groups -OCH3 is 2. The Morgan fingerprint density at radius 3 is 2.52 bits per heavy atom. The molecule has 0 bridgehead atoms. The molecule has 1 rings (SSSR count). The van der Waals surface area contributed by atoms with Gasteiger partial charge in [0.2, 0.25) is 0 Å². The van der Waals surface area contributed by atoms with Crippen molar-refractivity contribution < 1.29 is 27.4 Å². The third-order valence-electron chi connectivity index (χ3n) is 2.40. The van der Waals surface area contributed by atoms with Crippen LogP contribution in [0.25, 0.3) is 16.5 Å². The first-order valence-electron chi connectivity index (χ1n) is 5.43. The zero-order chi connectivity index (χ0) is 16.0. The van der Waals surface area contributed by atoms with Crippen molar-refractivity contribution in [2.75, 3.05) is 14.2 Å². The maximum Gasteiger partial charge on any atom is 0.416 e. The lowest BCUT2D eigenvalue weighted by Gasteiger charge is -2.11. The summed E-state index contributed by atoms with van der Waals surface area (Å²) in [4.78, 5) is 13.8. The highest BCUT2D eigenvalue weighted by atomic mass is 19.4. The highest BCUT2D eigenvalue weighted by Gasteiger charge is 2.31. The molecule has 0 atom stereocenters. The molecule has 0 spiro atoms. The molecule has 0 aliphatic rings. The van der Waals surface area contributed by atoms with E-state index in [0.717, 1.165) is 31.4 Å². The number of rotatable bonds is 4. The van der Waals surface area contributed by atoms with Gasteiger partial charge in [0, 0.05) is 10.5 Å². The number of halogens is 3. The van der Waals surface area contributed by atoms with E-state index in [1.165, 1.54) is 7.11 Å². The van der Waals surface area contributed by atoms with Gasteiger partial charge in [-0.3, -0.25) is 0 Å². The van der Waals surface area contributed by atoms with Gasteiger partial charge in [-0.05, 0) is 23.7 Å². The van der Waals surface area contributed by atoms with Gasteiger partial charge < -0.3 is 9.47 Å². The Kier molecular flexibility index (Phi) is 5.20. The molecular weight excluding hydrogens is 291 g/mol. The van der Waals surface area contributed by atoms with Gasteiger partial charge in [-0.2, -0.15) is 13.2 Å². The van der Waals surface area contributed by atoms with Crippen LogP contribution in [0.5, 0.6) is 5.75 Å². The Hall–Kier alpha value is -2.67. The van der Waals surface area contributed by atoms with Crippen LogP contribution in [0, 0.1) is 0 Å². The number of alkyl halides is 3. The molecule has 0 saturated heterocycles. The fraction of sp³-hybridized carbons (Fsp3) is 0.250. The molecular formula is C12H10F3N3O3. The molecule has 1 aromatic rings. The van der Waals surface area contributed by atoms with E-state index in [-0.39, 0.29) is 11.3 Å². The molecule has 6 nitrogen and oxygen atoms in total. The van der Waals surface area contributed by atoms with Crippen molar-refractivity contribution in [3.63, 3.8) is 0 Å². The summed E-state index contributed by atoms with van der Waals surface area (Å²) in [7, 11) is 2.26. The second kappa shape index (κ2) is 6.67. The number of azide groups is 1. The number of esters is 1. The van der Waals surface area contributed by atoms with Crippen LogP contribution < -0.4 is 4.74 Å². The largest absolute Gasteiger partial charge is 0.496 e. The highest BCUT2D eigenvalue weighted by molar-refractivity contribution is 5.93. The first-order chi connectivity index (χ1) is 9.83. The lowest BCUT2D eigenvalue weighted by atomic mass is 10.1. The average molecular weight is 301 g/mol. The number of carbonyl (C=O) groups excluding carboxylic acids is 1. The predicted molar refractivity (Wildman–Crippen MR) is 67.1 cm³/mol. The Morgan fingerprint density at radius 2 is 2.05 bits per heavy atom. The maximum atomic E-state index is 12.6. The van der Waals surface area contributed by atoms with Crippen LogP contribution >= 0.6 is 0 Å². The van der Waals surface area contributed by atoms with Crippen LogP contribution in [0.3, 0.4) is 0 Å². The quantitative estimate of drug-likeness (QED) is 0.280. The summed E-state index contributed by atoms with van der Waals surface area (Å²) in [6, 6.07) is 2.69. The Morgan fingerprint density at radius 1 is 1.38 bits per heavy atom. The normalized spacial score (nSPS) is 11.6. The molecule has 0 amide bonds. The lowest BCUT2D eigenvalue weighted by Crippen LogP contribution is -2.06. The van der Waals surface area contributed by atoms with Crippen molar-refractivity contribution in [2.24, 2.45) is 5.11 Å². The third kappa shape index (κ3) is 4.15. The minimum absolute atomic E-state index is 0.126. The van der Waals surface area contributed by atoms with Gasteiger partial charge in [0.15, 0.2) is 0 Å². The summed E-state index contributed by atoms with van der Waals surface area (Å²) >= 11 is 0. The van der Waals surface area contributed by atoms with Crippen molar-refractivity contribution in [2.45, 2.75) is 6.18 Å². The smallest absolute Gasteiger partial charge is 0.416 e. The molecule has 0 fully saturated rings. The van der Waals surface area contributed by atoms with E-state index < -0.39 is 23.4 Å². The van der Waals surface area contributed by atoms with Crippen molar-refractivity contribution in [1.82, 2.24) is 0 Å². The summed E-state index contributed by atoms with van der Waals surface area (Å²) in [6.45, 7) is 0. The van der Waals surface area contributed by atoms with Crippen molar-refractivity contribution in [1.29, 1.82) is 0 Å². The summed E-state index contributed by atoms with van der Waals surface area (Å²) < 4.78 is 47.0. The van der Waals surface area contributed by atoms with Crippen LogP contribution in [0.4, 0.5) is 13.2 Å². The maximum absolute atomic E-state index is 12.6. The fourth-order valence-electron chi connectivity index (χ4n) is 1.44. The molecule has 0 aliphatic heterocycles. The van der Waals surface area contributed by atoms with Crippen LogP contribution in [-0.2, 0) is 15.7 Å². The van der Waals surface area contributed by atoms with Crippen molar-refractivity contribution >= 4 is 12.0 Å². The fourth-order valence-corrected chi connectivity index (χ4v) is 1.44. The molecule has 1 aromatic carbocycles. The topological polar surface area (TPSA) is 84.3 Å². The number of hydrogen-bond donors (Lipinski definition) is 0. The Bertz CT molecular complexity index is 620. The van der Waals surface area contributed by atoms with Gasteiger partial charge in [-0.25, -0.2) is 4.79 Å². The summed E-state index contributed by atoms with van der Waals surface area (Å²) in [6.07, 6.45) is -3.45. The standard InChI is InChI=1S/C12H10F3N3O3/c1-20-10-6-8(12(13,14)15)4-3-7(10)5-9(17-18-16)11(19)21-2/h3-6H,1-2H3. The van der Waals surface area contributed by atoms with Crippen LogP contribution in [0.2, 0.25) is 0 Å². The van der Waals surface area contributed by atoms with Crippen molar-refractivity contribution in [3.05, 3.63) is 45.5 Å². The molecule has 0 saturated carbocycles. The van der Waals surface area contributed by atoms with Gasteiger partial charge in [0.1, 0.15) is 11.4 Å². The molecule has 0 heterocycles. The molecule has 112 valence electrons. The van der Waals surface area contributed by atoms with E-state index in [1.807, 2.05) is 0 Å². The molecule has 21 heavy (non-hydrogen) atoms. The van der Waals surface area contributed by atoms with Crippen LogP contribution in [0.1, 0.15) is 11.1 Å². The van der Waals surface area contributed by atoms with Gasteiger partial charge in [-0.15, -0.1) is 0 Å². The summed E-state index contributed by atoms with van der Waals surface area (Å²) in [5.74, 6) is -1.05. The van der Waals surface area contributed by atoms with Gasteiger partial charge >= 0.3 is 12.1 Å². The predicted octanol–water partition coefficient (Wildman–Crippen LogP) is 3.54. The number of benzene rings is 1. The Balaban J connectivity index is 3.36. The molecule has 0 N–H and O–H groups in total. The zero-order valence-electron chi connectivity index (χ0n) is 11.0. The van der Waals surface area contributed by atoms with Crippen LogP contribution in [-0.4, -0.2) is 20.2 Å². The number of hydrogen-bond acceptors (Lipinski definition) is 4. The number of carbonyl (C=O) groups is 1. The molecule has 0 aliphatic carbocycles. The lowest BCUT2D eigenvalue weighted by molar-refractivity contribution is -0.138. The first kappa shape index (κ1) is 16.4. The second-order valence-electron chi connectivity index (χ2n) is 3.67. The summed E-state index contributed by atoms with van der Waals surface area (Å²) in [5, 5.41) is 3.13. The van der Waals surface area contributed by atoms with Gasteiger partial charge in [0.05, 0.1) is 19.8 Å². The molecule has 9 heteroatoms.